The molecular formula is C20H29NO2. The third kappa shape index (κ3) is 4.03. The number of aliphatic hydroxyl groups is 1. The van der Waals surface area contributed by atoms with E-state index in [2.05, 4.69) is 17.4 Å². The van der Waals surface area contributed by atoms with Gasteiger partial charge < -0.3 is 10.4 Å². The van der Waals surface area contributed by atoms with Gasteiger partial charge in [0.15, 0.2) is 0 Å². The van der Waals surface area contributed by atoms with Crippen molar-refractivity contribution in [2.75, 3.05) is 0 Å². The van der Waals surface area contributed by atoms with E-state index in [1.165, 1.54) is 0 Å². The van der Waals surface area contributed by atoms with Crippen LogP contribution in [0.4, 0.5) is 0 Å². The van der Waals surface area contributed by atoms with Crippen molar-refractivity contribution >= 4 is 5.91 Å². The Hall–Kier alpha value is -1.61. The summed E-state index contributed by atoms with van der Waals surface area (Å²) in [5.41, 5.74) is 1.92. The van der Waals surface area contributed by atoms with Crippen molar-refractivity contribution in [3.63, 3.8) is 0 Å². The maximum atomic E-state index is 12.3. The molecule has 0 aromatic heterocycles. The van der Waals surface area contributed by atoms with Crippen LogP contribution in [0.2, 0.25) is 0 Å². The largest absolute Gasteiger partial charge is 0.389 e. The van der Waals surface area contributed by atoms with Gasteiger partial charge in [-0.25, -0.2) is 0 Å². The Balaban J connectivity index is 2.41. The van der Waals surface area contributed by atoms with Crippen LogP contribution < -0.4 is 5.32 Å². The summed E-state index contributed by atoms with van der Waals surface area (Å²) in [6.07, 6.45) is 2.62. The van der Waals surface area contributed by atoms with Crippen LogP contribution in [0, 0.1) is 5.41 Å². The number of hydrogen-bond donors (Lipinski definition) is 2. The topological polar surface area (TPSA) is 49.3 Å². The molecule has 2 atom stereocenters. The lowest BCUT2D eigenvalue weighted by atomic mass is 9.69. The Kier molecular flexibility index (Phi) is 5.00. The number of hydrogen-bond acceptors (Lipinski definition) is 2. The van der Waals surface area contributed by atoms with Crippen molar-refractivity contribution in [1.29, 1.82) is 0 Å². The Bertz CT molecular complexity index is 594. The minimum Gasteiger partial charge on any atom is -0.389 e. The van der Waals surface area contributed by atoms with E-state index in [4.69, 9.17) is 0 Å². The van der Waals surface area contributed by atoms with E-state index >= 15 is 0 Å². The molecule has 2 N–H and O–H groups in total. The number of amides is 1. The SMILES string of the molecule is C/C(NC(=O)C(C)(C)C)=C1/CCC[C@](C)(O)[C@@H]1c1ccccc1. The van der Waals surface area contributed by atoms with Gasteiger partial charge in [-0.1, -0.05) is 51.1 Å². The number of allylic oxidation sites excluding steroid dienone is 1. The van der Waals surface area contributed by atoms with Crippen molar-refractivity contribution < 1.29 is 9.90 Å². The quantitative estimate of drug-likeness (QED) is 0.861. The van der Waals surface area contributed by atoms with Crippen LogP contribution in [0.3, 0.4) is 0 Å². The molecule has 3 heteroatoms. The van der Waals surface area contributed by atoms with Gasteiger partial charge in [-0.05, 0) is 44.2 Å². The molecule has 1 fully saturated rings. The standard InChI is InChI=1S/C20H29NO2/c1-14(21-18(22)19(2,3)4)16-12-9-13-20(5,23)17(16)15-10-7-6-8-11-15/h6-8,10-11,17,23H,9,12-13H2,1-5H3,(H,21,22)/b16-14+/t17-,20+/m1/s1. The van der Waals surface area contributed by atoms with Gasteiger partial charge in [-0.3, -0.25) is 4.79 Å². The second kappa shape index (κ2) is 6.48. The molecule has 0 unspecified atom stereocenters. The average Bonchev–Trinajstić information content (AvgIpc) is 2.45. The molecule has 1 aromatic carbocycles. The maximum absolute atomic E-state index is 12.3. The Morgan fingerprint density at radius 1 is 1.26 bits per heavy atom. The van der Waals surface area contributed by atoms with E-state index < -0.39 is 11.0 Å². The molecule has 0 heterocycles. The van der Waals surface area contributed by atoms with Gasteiger partial charge in [-0.15, -0.1) is 0 Å². The zero-order valence-electron chi connectivity index (χ0n) is 14.9. The highest BCUT2D eigenvalue weighted by Gasteiger charge is 2.39. The Labute approximate surface area is 139 Å². The molecule has 1 aliphatic rings. The minimum atomic E-state index is -0.789. The van der Waals surface area contributed by atoms with Crippen molar-refractivity contribution in [1.82, 2.24) is 5.32 Å². The first-order chi connectivity index (χ1) is 10.6. The molecule has 1 aromatic rings. The van der Waals surface area contributed by atoms with Crippen molar-refractivity contribution in [2.45, 2.75) is 65.4 Å². The van der Waals surface area contributed by atoms with Gasteiger partial charge in [0.2, 0.25) is 5.91 Å². The molecular weight excluding hydrogens is 286 g/mol. The molecule has 126 valence electrons. The van der Waals surface area contributed by atoms with E-state index in [0.717, 1.165) is 36.1 Å². The van der Waals surface area contributed by atoms with Crippen LogP contribution >= 0.6 is 0 Å². The third-order valence-corrected chi connectivity index (χ3v) is 4.70. The fourth-order valence-corrected chi connectivity index (χ4v) is 3.35. The summed E-state index contributed by atoms with van der Waals surface area (Å²) in [4.78, 5) is 12.3. The van der Waals surface area contributed by atoms with Crippen LogP contribution in [0.5, 0.6) is 0 Å². The Morgan fingerprint density at radius 3 is 2.43 bits per heavy atom. The fourth-order valence-electron chi connectivity index (χ4n) is 3.35. The lowest BCUT2D eigenvalue weighted by molar-refractivity contribution is -0.127. The highest BCUT2D eigenvalue weighted by atomic mass is 16.3. The lowest BCUT2D eigenvalue weighted by Gasteiger charge is -2.40. The van der Waals surface area contributed by atoms with Crippen molar-refractivity contribution in [2.24, 2.45) is 5.41 Å². The highest BCUT2D eigenvalue weighted by molar-refractivity contribution is 5.83. The van der Waals surface area contributed by atoms with Gasteiger partial charge >= 0.3 is 0 Å². The first-order valence-corrected chi connectivity index (χ1v) is 8.41. The molecule has 0 aliphatic heterocycles. The first-order valence-electron chi connectivity index (χ1n) is 8.41. The molecule has 1 amide bonds. The predicted molar refractivity (Wildman–Crippen MR) is 94.0 cm³/mol. The van der Waals surface area contributed by atoms with E-state index in [1.807, 2.05) is 52.8 Å². The second-order valence-electron chi connectivity index (χ2n) is 7.91. The van der Waals surface area contributed by atoms with Crippen LogP contribution in [0.15, 0.2) is 41.6 Å². The normalized spacial score (nSPS) is 27.5. The molecule has 23 heavy (non-hydrogen) atoms. The third-order valence-electron chi connectivity index (χ3n) is 4.70. The average molecular weight is 315 g/mol. The summed E-state index contributed by atoms with van der Waals surface area (Å²) in [5, 5.41) is 14.0. The predicted octanol–water partition coefficient (Wildman–Crippen LogP) is 4.14. The summed E-state index contributed by atoms with van der Waals surface area (Å²) in [6.45, 7) is 9.59. The molecule has 1 saturated carbocycles. The summed E-state index contributed by atoms with van der Waals surface area (Å²) < 4.78 is 0. The number of nitrogens with one attached hydrogen (secondary N) is 1. The van der Waals surface area contributed by atoms with Crippen LogP contribution in [-0.2, 0) is 4.79 Å². The van der Waals surface area contributed by atoms with Crippen molar-refractivity contribution in [3.8, 4) is 0 Å². The van der Waals surface area contributed by atoms with Gasteiger partial charge in [0.05, 0.1) is 5.60 Å². The first kappa shape index (κ1) is 17.7. The highest BCUT2D eigenvalue weighted by Crippen LogP contribution is 2.45. The fraction of sp³-hybridized carbons (Fsp3) is 0.550. The monoisotopic (exact) mass is 315 g/mol. The molecule has 1 aliphatic carbocycles. The van der Waals surface area contributed by atoms with Crippen molar-refractivity contribution in [3.05, 3.63) is 47.2 Å². The van der Waals surface area contributed by atoms with Gasteiger partial charge in [-0.2, -0.15) is 0 Å². The van der Waals surface area contributed by atoms with E-state index in [9.17, 15) is 9.90 Å². The minimum absolute atomic E-state index is 0.0135. The van der Waals surface area contributed by atoms with Crippen LogP contribution in [0.1, 0.15) is 65.4 Å². The lowest BCUT2D eigenvalue weighted by Crippen LogP contribution is -2.40. The molecule has 0 spiro atoms. The second-order valence-corrected chi connectivity index (χ2v) is 7.91. The van der Waals surface area contributed by atoms with Crippen LogP contribution in [0.25, 0.3) is 0 Å². The maximum Gasteiger partial charge on any atom is 0.229 e. The number of benzene rings is 1. The summed E-state index contributed by atoms with van der Waals surface area (Å²) in [7, 11) is 0. The zero-order chi connectivity index (χ0) is 17.3. The summed E-state index contributed by atoms with van der Waals surface area (Å²) in [5.74, 6) is -0.0581. The van der Waals surface area contributed by atoms with Gasteiger partial charge in [0.1, 0.15) is 0 Å². The smallest absolute Gasteiger partial charge is 0.229 e. The molecule has 2 rings (SSSR count). The van der Waals surface area contributed by atoms with Crippen LogP contribution in [-0.4, -0.2) is 16.6 Å². The molecule has 0 saturated heterocycles. The molecule has 0 radical (unpaired) electrons. The molecule has 3 nitrogen and oxygen atoms in total. The van der Waals surface area contributed by atoms with E-state index in [-0.39, 0.29) is 11.8 Å². The van der Waals surface area contributed by atoms with Gasteiger partial charge in [0.25, 0.3) is 0 Å². The summed E-state index contributed by atoms with van der Waals surface area (Å²) >= 11 is 0. The summed E-state index contributed by atoms with van der Waals surface area (Å²) in [6, 6.07) is 10.1. The molecule has 0 bridgehead atoms. The number of carbonyl (C=O) groups is 1. The van der Waals surface area contributed by atoms with E-state index in [1.54, 1.807) is 0 Å². The van der Waals surface area contributed by atoms with E-state index in [0.29, 0.717) is 0 Å². The number of rotatable bonds is 2. The zero-order valence-corrected chi connectivity index (χ0v) is 14.9. The Morgan fingerprint density at radius 2 is 1.87 bits per heavy atom. The van der Waals surface area contributed by atoms with Gasteiger partial charge in [0, 0.05) is 17.0 Å². The number of carbonyl (C=O) groups excluding carboxylic acids is 1.